The molecule has 1 atom stereocenters. The molecule has 0 spiro atoms. The fraction of sp³-hybridized carbons (Fsp3) is 0.273. The highest BCUT2D eigenvalue weighted by atomic mass is 19.1. The van der Waals surface area contributed by atoms with Crippen molar-refractivity contribution >= 4 is 5.91 Å². The summed E-state index contributed by atoms with van der Waals surface area (Å²) in [5.41, 5.74) is 3.81. The van der Waals surface area contributed by atoms with Gasteiger partial charge in [-0.3, -0.25) is 4.79 Å². The van der Waals surface area contributed by atoms with Crippen LogP contribution in [0.1, 0.15) is 35.7 Å². The molecule has 2 aromatic carbocycles. The predicted molar refractivity (Wildman–Crippen MR) is 102 cm³/mol. The summed E-state index contributed by atoms with van der Waals surface area (Å²) in [7, 11) is 0. The first-order chi connectivity index (χ1) is 13.7. The minimum Gasteiger partial charge on any atom is -0.365 e. The Morgan fingerprint density at radius 1 is 1.21 bits per heavy atom. The summed E-state index contributed by atoms with van der Waals surface area (Å²) in [5, 5.41) is 6.99. The molecule has 5 nitrogen and oxygen atoms in total. The first-order valence-corrected chi connectivity index (χ1v) is 9.35. The average Bonchev–Trinajstić information content (AvgIpc) is 3.18. The number of carbonyl (C=O) groups is 1. The Kier molecular flexibility index (Phi) is 5.48. The zero-order chi connectivity index (χ0) is 19.3. The highest BCUT2D eigenvalue weighted by Gasteiger charge is 2.21. The summed E-state index contributed by atoms with van der Waals surface area (Å²) in [6, 6.07) is 16.0. The second-order valence-corrected chi connectivity index (χ2v) is 6.89. The molecule has 0 fully saturated rings. The Bertz CT molecular complexity index is 952. The molecular weight excluding hydrogens is 359 g/mol. The van der Waals surface area contributed by atoms with Gasteiger partial charge in [-0.2, -0.15) is 0 Å². The average molecular weight is 380 g/mol. The summed E-state index contributed by atoms with van der Waals surface area (Å²) in [5.74, 6) is 0.0734. The quantitative estimate of drug-likeness (QED) is 0.696. The van der Waals surface area contributed by atoms with Crippen molar-refractivity contribution in [3.05, 3.63) is 77.2 Å². The predicted octanol–water partition coefficient (Wildman–Crippen LogP) is 4.19. The fourth-order valence-corrected chi connectivity index (χ4v) is 3.52. The Hall–Kier alpha value is -2.99. The molecule has 0 aliphatic heterocycles. The zero-order valence-corrected chi connectivity index (χ0v) is 15.4. The normalized spacial score (nSPS) is 15.8. The first kappa shape index (κ1) is 18.4. The van der Waals surface area contributed by atoms with Gasteiger partial charge in [0, 0.05) is 11.6 Å². The third-order valence-electron chi connectivity index (χ3n) is 4.88. The molecule has 6 heteroatoms. The lowest BCUT2D eigenvalue weighted by Crippen LogP contribution is -2.33. The molecule has 1 aliphatic carbocycles. The number of nitrogens with zero attached hydrogens (tertiary/aromatic N) is 1. The van der Waals surface area contributed by atoms with E-state index < -0.39 is 0 Å². The molecule has 28 heavy (non-hydrogen) atoms. The van der Waals surface area contributed by atoms with Gasteiger partial charge >= 0.3 is 0 Å². The van der Waals surface area contributed by atoms with Crippen LogP contribution in [-0.4, -0.2) is 17.7 Å². The maximum Gasteiger partial charge on any atom is 0.246 e. The van der Waals surface area contributed by atoms with Crippen molar-refractivity contribution in [2.24, 2.45) is 0 Å². The molecule has 144 valence electrons. The Morgan fingerprint density at radius 2 is 2.04 bits per heavy atom. The lowest BCUT2D eigenvalue weighted by atomic mass is 9.88. The van der Waals surface area contributed by atoms with Gasteiger partial charge in [0.15, 0.2) is 5.76 Å². The topological polar surface area (TPSA) is 64.4 Å². The van der Waals surface area contributed by atoms with E-state index >= 15 is 0 Å². The van der Waals surface area contributed by atoms with Crippen LogP contribution in [0.15, 0.2) is 59.1 Å². The van der Waals surface area contributed by atoms with Gasteiger partial charge in [-0.25, -0.2) is 4.39 Å². The SMILES string of the molecule is O=C(COCc1cc(-c2ccc(F)cc2)on1)N[C@H]1CCCc2ccccc21. The molecule has 1 N–H and O–H groups in total. The van der Waals surface area contributed by atoms with Crippen molar-refractivity contribution < 1.29 is 18.4 Å². The van der Waals surface area contributed by atoms with Crippen LogP contribution < -0.4 is 5.32 Å². The van der Waals surface area contributed by atoms with Crippen LogP contribution in [-0.2, 0) is 22.6 Å². The minimum atomic E-state index is -0.307. The molecule has 1 aromatic heterocycles. The number of nitrogens with one attached hydrogen (secondary N) is 1. The second kappa shape index (κ2) is 8.35. The number of hydrogen-bond donors (Lipinski definition) is 1. The van der Waals surface area contributed by atoms with Crippen LogP contribution in [0.25, 0.3) is 11.3 Å². The van der Waals surface area contributed by atoms with Gasteiger partial charge < -0.3 is 14.6 Å². The maximum atomic E-state index is 13.0. The van der Waals surface area contributed by atoms with Crippen molar-refractivity contribution in [2.45, 2.75) is 31.9 Å². The summed E-state index contributed by atoms with van der Waals surface area (Å²) in [6.07, 6.45) is 3.06. The second-order valence-electron chi connectivity index (χ2n) is 6.89. The van der Waals surface area contributed by atoms with E-state index in [1.165, 1.54) is 23.3 Å². The monoisotopic (exact) mass is 380 g/mol. The van der Waals surface area contributed by atoms with E-state index in [4.69, 9.17) is 9.26 Å². The van der Waals surface area contributed by atoms with Crippen molar-refractivity contribution in [3.63, 3.8) is 0 Å². The Labute approximate surface area is 162 Å². The van der Waals surface area contributed by atoms with Crippen LogP contribution in [0.3, 0.4) is 0 Å². The van der Waals surface area contributed by atoms with Crippen molar-refractivity contribution in [3.8, 4) is 11.3 Å². The third-order valence-corrected chi connectivity index (χ3v) is 4.88. The molecule has 1 heterocycles. The summed E-state index contributed by atoms with van der Waals surface area (Å²) >= 11 is 0. The number of aromatic nitrogens is 1. The molecule has 1 amide bonds. The molecule has 0 radical (unpaired) electrons. The highest BCUT2D eigenvalue weighted by Crippen LogP contribution is 2.29. The molecule has 0 saturated carbocycles. The molecule has 0 bridgehead atoms. The van der Waals surface area contributed by atoms with E-state index in [9.17, 15) is 9.18 Å². The summed E-state index contributed by atoms with van der Waals surface area (Å²) < 4.78 is 23.7. The zero-order valence-electron chi connectivity index (χ0n) is 15.4. The van der Waals surface area contributed by atoms with E-state index in [0.29, 0.717) is 11.5 Å². The number of halogens is 1. The lowest BCUT2D eigenvalue weighted by Gasteiger charge is -2.26. The summed E-state index contributed by atoms with van der Waals surface area (Å²) in [4.78, 5) is 12.3. The van der Waals surface area contributed by atoms with Gasteiger partial charge in [-0.1, -0.05) is 29.4 Å². The number of carbonyl (C=O) groups excluding carboxylic acids is 1. The molecule has 0 saturated heterocycles. The Morgan fingerprint density at radius 3 is 2.89 bits per heavy atom. The van der Waals surface area contributed by atoms with Crippen LogP contribution in [0, 0.1) is 5.82 Å². The molecule has 1 aliphatic rings. The Balaban J connectivity index is 1.28. The number of ether oxygens (including phenoxy) is 1. The van der Waals surface area contributed by atoms with E-state index in [0.717, 1.165) is 24.8 Å². The molecular formula is C22H21FN2O3. The van der Waals surface area contributed by atoms with Crippen molar-refractivity contribution in [2.75, 3.05) is 6.61 Å². The van der Waals surface area contributed by atoms with E-state index in [1.54, 1.807) is 18.2 Å². The number of fused-ring (bicyclic) bond motifs is 1. The van der Waals surface area contributed by atoms with Crippen LogP contribution in [0.5, 0.6) is 0 Å². The number of amides is 1. The number of hydrogen-bond acceptors (Lipinski definition) is 4. The first-order valence-electron chi connectivity index (χ1n) is 9.35. The van der Waals surface area contributed by atoms with Gasteiger partial charge in [-0.15, -0.1) is 0 Å². The van der Waals surface area contributed by atoms with Gasteiger partial charge in [0.05, 0.1) is 12.6 Å². The van der Waals surface area contributed by atoms with E-state index in [1.807, 2.05) is 12.1 Å². The minimum absolute atomic E-state index is 0.0400. The van der Waals surface area contributed by atoms with Crippen LogP contribution >= 0.6 is 0 Å². The fourth-order valence-electron chi connectivity index (χ4n) is 3.52. The maximum absolute atomic E-state index is 13.0. The van der Waals surface area contributed by atoms with Gasteiger partial charge in [0.1, 0.15) is 18.1 Å². The van der Waals surface area contributed by atoms with E-state index in [-0.39, 0.29) is 31.0 Å². The standard InChI is InChI=1S/C22H21FN2O3/c23-17-10-8-16(9-11-17)21-12-18(25-28-21)13-27-14-22(26)24-20-7-3-5-15-4-1-2-6-19(15)20/h1-2,4,6,8-12,20H,3,5,7,13-14H2,(H,24,26)/t20-/m0/s1. The van der Waals surface area contributed by atoms with Gasteiger partial charge in [-0.05, 0) is 54.7 Å². The van der Waals surface area contributed by atoms with Gasteiger partial charge in [0.25, 0.3) is 0 Å². The van der Waals surface area contributed by atoms with Gasteiger partial charge in [0.2, 0.25) is 5.91 Å². The number of benzene rings is 2. The highest BCUT2D eigenvalue weighted by molar-refractivity contribution is 5.77. The smallest absolute Gasteiger partial charge is 0.246 e. The van der Waals surface area contributed by atoms with Crippen molar-refractivity contribution in [1.29, 1.82) is 0 Å². The van der Waals surface area contributed by atoms with Crippen molar-refractivity contribution in [1.82, 2.24) is 10.5 Å². The molecule has 4 rings (SSSR count). The number of aryl methyl sites for hydroxylation is 1. The number of rotatable bonds is 6. The summed E-state index contributed by atoms with van der Waals surface area (Å²) in [6.45, 7) is 0.122. The van der Waals surface area contributed by atoms with Crippen LogP contribution in [0.2, 0.25) is 0 Å². The molecule has 3 aromatic rings. The molecule has 0 unspecified atom stereocenters. The lowest BCUT2D eigenvalue weighted by molar-refractivity contribution is -0.127. The van der Waals surface area contributed by atoms with E-state index in [2.05, 4.69) is 22.6 Å². The van der Waals surface area contributed by atoms with Crippen LogP contribution in [0.4, 0.5) is 4.39 Å². The third kappa shape index (κ3) is 4.28. The largest absolute Gasteiger partial charge is 0.365 e.